The Hall–Kier alpha value is -1.31. The van der Waals surface area contributed by atoms with Crippen molar-refractivity contribution in [1.29, 1.82) is 0 Å². The van der Waals surface area contributed by atoms with Crippen LogP contribution in [0.15, 0.2) is 24.3 Å². The van der Waals surface area contributed by atoms with Gasteiger partial charge in [-0.15, -0.1) is 0 Å². The lowest BCUT2D eigenvalue weighted by atomic mass is 10.0. The standard InChI is InChI=1S/C13H17NO/c1-9-4-5-10(2)14(9)13-7-6-12(8-13)11(3)15/h4-7,12-13H,8H2,1-3H3/t12-,13+/m0/s1. The number of aromatic nitrogens is 1. The van der Waals surface area contributed by atoms with Crippen LogP contribution in [0, 0.1) is 19.8 Å². The van der Waals surface area contributed by atoms with Gasteiger partial charge in [0.05, 0.1) is 6.04 Å². The van der Waals surface area contributed by atoms with Crippen LogP contribution in [-0.2, 0) is 4.79 Å². The summed E-state index contributed by atoms with van der Waals surface area (Å²) in [5.41, 5.74) is 2.54. The summed E-state index contributed by atoms with van der Waals surface area (Å²) in [6.07, 6.45) is 5.13. The van der Waals surface area contributed by atoms with Gasteiger partial charge in [-0.2, -0.15) is 0 Å². The Morgan fingerprint density at radius 3 is 2.33 bits per heavy atom. The first kappa shape index (κ1) is 10.2. The molecule has 0 bridgehead atoms. The highest BCUT2D eigenvalue weighted by atomic mass is 16.1. The number of rotatable bonds is 2. The second-order valence-corrected chi connectivity index (χ2v) is 4.39. The Labute approximate surface area is 90.6 Å². The van der Waals surface area contributed by atoms with Crippen LogP contribution >= 0.6 is 0 Å². The number of carbonyl (C=O) groups is 1. The molecule has 0 saturated heterocycles. The summed E-state index contributed by atoms with van der Waals surface area (Å²) in [5, 5.41) is 0. The topological polar surface area (TPSA) is 22.0 Å². The smallest absolute Gasteiger partial charge is 0.136 e. The zero-order chi connectivity index (χ0) is 11.0. The van der Waals surface area contributed by atoms with Gasteiger partial charge in [-0.1, -0.05) is 12.2 Å². The molecule has 0 fully saturated rings. The largest absolute Gasteiger partial charge is 0.342 e. The third kappa shape index (κ3) is 1.76. The lowest BCUT2D eigenvalue weighted by Gasteiger charge is -2.17. The molecule has 0 saturated carbocycles. The molecule has 15 heavy (non-hydrogen) atoms. The van der Waals surface area contributed by atoms with E-state index in [9.17, 15) is 4.79 Å². The van der Waals surface area contributed by atoms with E-state index in [4.69, 9.17) is 0 Å². The minimum absolute atomic E-state index is 0.121. The van der Waals surface area contributed by atoms with E-state index in [0.717, 1.165) is 6.42 Å². The first-order chi connectivity index (χ1) is 7.09. The second-order valence-electron chi connectivity index (χ2n) is 4.39. The zero-order valence-electron chi connectivity index (χ0n) is 9.53. The van der Waals surface area contributed by atoms with Crippen molar-refractivity contribution in [2.24, 2.45) is 5.92 Å². The van der Waals surface area contributed by atoms with Crippen LogP contribution in [0.1, 0.15) is 30.8 Å². The Kier molecular flexibility index (Phi) is 2.51. The minimum Gasteiger partial charge on any atom is -0.342 e. The van der Waals surface area contributed by atoms with Gasteiger partial charge in [0, 0.05) is 17.3 Å². The lowest BCUT2D eigenvalue weighted by Crippen LogP contribution is -2.12. The number of nitrogens with zero attached hydrogens (tertiary/aromatic N) is 1. The number of carbonyl (C=O) groups excluding carboxylic acids is 1. The lowest BCUT2D eigenvalue weighted by molar-refractivity contribution is -0.119. The maximum Gasteiger partial charge on any atom is 0.136 e. The Balaban J connectivity index is 2.22. The van der Waals surface area contributed by atoms with E-state index < -0.39 is 0 Å². The fourth-order valence-corrected chi connectivity index (χ4v) is 2.38. The molecule has 80 valence electrons. The van der Waals surface area contributed by atoms with E-state index >= 15 is 0 Å². The normalized spacial score (nSPS) is 24.7. The summed E-state index contributed by atoms with van der Waals surface area (Å²) < 4.78 is 2.30. The van der Waals surface area contributed by atoms with E-state index in [1.165, 1.54) is 11.4 Å². The summed E-state index contributed by atoms with van der Waals surface area (Å²) in [6.45, 7) is 5.90. The van der Waals surface area contributed by atoms with E-state index in [0.29, 0.717) is 6.04 Å². The molecule has 2 heteroatoms. The molecule has 0 N–H and O–H groups in total. The molecule has 1 aliphatic rings. The quantitative estimate of drug-likeness (QED) is 0.677. The van der Waals surface area contributed by atoms with Crippen molar-refractivity contribution in [2.75, 3.05) is 0 Å². The predicted molar refractivity (Wildman–Crippen MR) is 60.9 cm³/mol. The van der Waals surface area contributed by atoms with Gasteiger partial charge in [0.25, 0.3) is 0 Å². The van der Waals surface area contributed by atoms with Crippen molar-refractivity contribution in [3.8, 4) is 0 Å². The van der Waals surface area contributed by atoms with Crippen LogP contribution in [-0.4, -0.2) is 10.4 Å². The molecule has 0 aliphatic heterocycles. The van der Waals surface area contributed by atoms with E-state index in [2.05, 4.69) is 36.6 Å². The molecule has 1 aromatic rings. The summed E-state index contributed by atoms with van der Waals surface area (Å²) >= 11 is 0. The minimum atomic E-state index is 0.121. The second kappa shape index (κ2) is 3.69. The molecular weight excluding hydrogens is 186 g/mol. The van der Waals surface area contributed by atoms with Crippen molar-refractivity contribution < 1.29 is 4.79 Å². The van der Waals surface area contributed by atoms with E-state index in [-0.39, 0.29) is 11.7 Å². The molecule has 0 aromatic carbocycles. The van der Waals surface area contributed by atoms with Crippen LogP contribution in [0.2, 0.25) is 0 Å². The molecule has 0 radical (unpaired) electrons. The highest BCUT2D eigenvalue weighted by Crippen LogP contribution is 2.30. The van der Waals surface area contributed by atoms with Crippen molar-refractivity contribution >= 4 is 5.78 Å². The van der Waals surface area contributed by atoms with Crippen molar-refractivity contribution in [2.45, 2.75) is 33.2 Å². The van der Waals surface area contributed by atoms with Gasteiger partial charge in [-0.3, -0.25) is 4.79 Å². The van der Waals surface area contributed by atoms with Crippen molar-refractivity contribution in [3.05, 3.63) is 35.7 Å². The molecule has 0 unspecified atom stereocenters. The van der Waals surface area contributed by atoms with Gasteiger partial charge in [0.1, 0.15) is 5.78 Å². The van der Waals surface area contributed by atoms with Crippen LogP contribution in [0.3, 0.4) is 0 Å². The summed E-state index contributed by atoms with van der Waals surface area (Å²) in [4.78, 5) is 11.3. The number of Topliss-reactive ketones (excluding diaryl/α,β-unsaturated/α-hetero) is 1. The van der Waals surface area contributed by atoms with E-state index in [1.807, 2.05) is 6.08 Å². The monoisotopic (exact) mass is 203 g/mol. The molecule has 1 heterocycles. The Morgan fingerprint density at radius 1 is 1.27 bits per heavy atom. The van der Waals surface area contributed by atoms with Crippen LogP contribution in [0.4, 0.5) is 0 Å². The van der Waals surface area contributed by atoms with Crippen LogP contribution < -0.4 is 0 Å². The summed E-state index contributed by atoms with van der Waals surface area (Å²) in [7, 11) is 0. The SMILES string of the molecule is CC(=O)[C@H]1C=C[C@@H](n2c(C)ccc2C)C1. The summed E-state index contributed by atoms with van der Waals surface area (Å²) in [5.74, 6) is 0.396. The average molecular weight is 203 g/mol. The molecular formula is C13H17NO. The van der Waals surface area contributed by atoms with Crippen molar-refractivity contribution in [1.82, 2.24) is 4.57 Å². The molecule has 2 atom stereocenters. The highest BCUT2D eigenvalue weighted by molar-refractivity contribution is 5.80. The Bertz CT molecular complexity index is 395. The number of hydrogen-bond donors (Lipinski definition) is 0. The maximum absolute atomic E-state index is 11.3. The maximum atomic E-state index is 11.3. The van der Waals surface area contributed by atoms with E-state index in [1.54, 1.807) is 6.92 Å². The molecule has 1 aliphatic carbocycles. The fourth-order valence-electron chi connectivity index (χ4n) is 2.38. The summed E-state index contributed by atoms with van der Waals surface area (Å²) in [6, 6.07) is 4.63. The molecule has 1 aromatic heterocycles. The first-order valence-electron chi connectivity index (χ1n) is 5.43. The van der Waals surface area contributed by atoms with Gasteiger partial charge in [0.2, 0.25) is 0 Å². The zero-order valence-corrected chi connectivity index (χ0v) is 9.53. The average Bonchev–Trinajstić information content (AvgIpc) is 2.73. The fraction of sp³-hybridized carbons (Fsp3) is 0.462. The van der Waals surface area contributed by atoms with Gasteiger partial charge < -0.3 is 4.57 Å². The molecule has 0 spiro atoms. The number of allylic oxidation sites excluding steroid dienone is 2. The van der Waals surface area contributed by atoms with Gasteiger partial charge >= 0.3 is 0 Å². The number of hydrogen-bond acceptors (Lipinski definition) is 1. The van der Waals surface area contributed by atoms with Gasteiger partial charge in [-0.05, 0) is 39.3 Å². The Morgan fingerprint density at radius 2 is 1.87 bits per heavy atom. The third-order valence-corrected chi connectivity index (χ3v) is 3.24. The molecule has 2 rings (SSSR count). The number of aryl methyl sites for hydroxylation is 2. The highest BCUT2D eigenvalue weighted by Gasteiger charge is 2.24. The molecule has 2 nitrogen and oxygen atoms in total. The first-order valence-corrected chi connectivity index (χ1v) is 5.43. The van der Waals surface area contributed by atoms with Gasteiger partial charge in [0.15, 0.2) is 0 Å². The van der Waals surface area contributed by atoms with Crippen molar-refractivity contribution in [3.63, 3.8) is 0 Å². The third-order valence-electron chi connectivity index (χ3n) is 3.24. The predicted octanol–water partition coefficient (Wildman–Crippen LogP) is 2.81. The van der Waals surface area contributed by atoms with Crippen LogP contribution in [0.25, 0.3) is 0 Å². The molecule has 0 amide bonds. The number of ketones is 1. The van der Waals surface area contributed by atoms with Crippen LogP contribution in [0.5, 0.6) is 0 Å². The van der Waals surface area contributed by atoms with Gasteiger partial charge in [-0.25, -0.2) is 0 Å².